The van der Waals surface area contributed by atoms with Crippen LogP contribution in [0.4, 0.5) is 0 Å². The van der Waals surface area contributed by atoms with Crippen molar-refractivity contribution in [3.8, 4) is 0 Å². The molecule has 0 amide bonds. The molecule has 0 spiro atoms. The fourth-order valence-electron chi connectivity index (χ4n) is 0.722. The highest BCUT2D eigenvalue weighted by molar-refractivity contribution is 6.15. The second-order valence-corrected chi connectivity index (χ2v) is 2.76. The number of carboxylic acid groups (broad SMARTS) is 2. The van der Waals surface area contributed by atoms with Gasteiger partial charge in [0.25, 0.3) is 0 Å². The summed E-state index contributed by atoms with van der Waals surface area (Å²) in [4.78, 5) is 20.8. The normalized spacial score (nSPS) is 12.5. The van der Waals surface area contributed by atoms with Crippen LogP contribution in [0.5, 0.6) is 0 Å². The smallest absolute Gasteiger partial charge is 0.322 e. The summed E-state index contributed by atoms with van der Waals surface area (Å²) in [6, 6.07) is -1.22. The molecule has 0 fully saturated rings. The first-order chi connectivity index (χ1) is 5.99. The molecule has 0 saturated heterocycles. The Hall–Kier alpha value is -1.07. The van der Waals surface area contributed by atoms with Crippen LogP contribution in [-0.4, -0.2) is 39.2 Å². The summed E-state index contributed by atoms with van der Waals surface area (Å²) in [5.74, 6) is -2.47. The molecule has 5 nitrogen and oxygen atoms in total. The summed E-state index contributed by atoms with van der Waals surface area (Å²) in [6.07, 6.45) is 0.859. The Kier molecular flexibility index (Phi) is 5.10. The fourth-order valence-corrected chi connectivity index (χ4v) is 0.972. The van der Waals surface area contributed by atoms with Crippen LogP contribution in [0.3, 0.4) is 0 Å². The predicted molar refractivity (Wildman–Crippen MR) is 46.4 cm³/mol. The van der Waals surface area contributed by atoms with Gasteiger partial charge < -0.3 is 10.2 Å². The molecule has 0 aliphatic carbocycles. The Morgan fingerprint density at radius 3 is 2.38 bits per heavy atom. The van der Waals surface area contributed by atoms with Crippen LogP contribution in [0.15, 0.2) is 12.7 Å². The maximum Gasteiger partial charge on any atom is 0.322 e. The SMILES string of the molecule is C=CCN(Cl)C(CC(=O)O)C(=O)O. The third-order valence-electron chi connectivity index (χ3n) is 1.29. The number of halogens is 1. The lowest BCUT2D eigenvalue weighted by atomic mass is 10.2. The Labute approximate surface area is 80.3 Å². The van der Waals surface area contributed by atoms with Gasteiger partial charge in [0.1, 0.15) is 6.04 Å². The van der Waals surface area contributed by atoms with Gasteiger partial charge in [-0.2, -0.15) is 0 Å². The number of rotatable bonds is 6. The largest absolute Gasteiger partial charge is 0.481 e. The minimum absolute atomic E-state index is 0.117. The van der Waals surface area contributed by atoms with Crippen molar-refractivity contribution in [2.24, 2.45) is 0 Å². The van der Waals surface area contributed by atoms with Crippen LogP contribution in [0, 0.1) is 0 Å². The first-order valence-corrected chi connectivity index (χ1v) is 3.80. The van der Waals surface area contributed by atoms with E-state index in [2.05, 4.69) is 6.58 Å². The molecular formula is C7H10ClNO4. The monoisotopic (exact) mass is 207 g/mol. The van der Waals surface area contributed by atoms with Crippen molar-refractivity contribution < 1.29 is 19.8 Å². The lowest BCUT2D eigenvalue weighted by Crippen LogP contribution is -2.36. The molecule has 0 bridgehead atoms. The van der Waals surface area contributed by atoms with Gasteiger partial charge in [0, 0.05) is 6.54 Å². The molecule has 2 N–H and O–H groups in total. The Morgan fingerprint density at radius 1 is 1.54 bits per heavy atom. The highest BCUT2D eigenvalue weighted by Crippen LogP contribution is 2.08. The maximum atomic E-state index is 10.5. The third kappa shape index (κ3) is 4.49. The van der Waals surface area contributed by atoms with E-state index in [0.29, 0.717) is 0 Å². The lowest BCUT2D eigenvalue weighted by Gasteiger charge is -2.18. The molecule has 6 heteroatoms. The molecular weight excluding hydrogens is 198 g/mol. The molecule has 0 radical (unpaired) electrons. The molecule has 0 aliphatic rings. The number of aliphatic carboxylic acids is 2. The van der Waals surface area contributed by atoms with Gasteiger partial charge in [-0.3, -0.25) is 9.59 Å². The van der Waals surface area contributed by atoms with Crippen molar-refractivity contribution in [1.29, 1.82) is 0 Å². The molecule has 1 unspecified atom stereocenters. The fraction of sp³-hybridized carbons (Fsp3) is 0.429. The summed E-state index contributed by atoms with van der Waals surface area (Å²) >= 11 is 5.50. The van der Waals surface area contributed by atoms with E-state index in [1.165, 1.54) is 6.08 Å². The van der Waals surface area contributed by atoms with E-state index in [-0.39, 0.29) is 6.54 Å². The van der Waals surface area contributed by atoms with Crippen LogP contribution >= 0.6 is 11.8 Å². The average Bonchev–Trinajstić information content (AvgIpc) is 1.99. The van der Waals surface area contributed by atoms with Crippen molar-refractivity contribution in [3.63, 3.8) is 0 Å². The summed E-state index contributed by atoms with van der Waals surface area (Å²) in [5.41, 5.74) is 0. The van der Waals surface area contributed by atoms with E-state index in [9.17, 15) is 9.59 Å². The van der Waals surface area contributed by atoms with Crippen LogP contribution in [0.2, 0.25) is 0 Å². The van der Waals surface area contributed by atoms with Gasteiger partial charge in [-0.25, -0.2) is 4.42 Å². The highest BCUT2D eigenvalue weighted by atomic mass is 35.5. The van der Waals surface area contributed by atoms with Gasteiger partial charge in [0.05, 0.1) is 6.42 Å². The van der Waals surface area contributed by atoms with Gasteiger partial charge >= 0.3 is 11.9 Å². The molecule has 0 aliphatic heterocycles. The van der Waals surface area contributed by atoms with E-state index in [0.717, 1.165) is 4.42 Å². The highest BCUT2D eigenvalue weighted by Gasteiger charge is 2.26. The maximum absolute atomic E-state index is 10.5. The van der Waals surface area contributed by atoms with Crippen LogP contribution in [0.1, 0.15) is 6.42 Å². The van der Waals surface area contributed by atoms with E-state index in [4.69, 9.17) is 22.0 Å². The first kappa shape index (κ1) is 11.9. The molecule has 0 aromatic heterocycles. The molecule has 13 heavy (non-hydrogen) atoms. The van der Waals surface area contributed by atoms with Gasteiger partial charge in [0.2, 0.25) is 0 Å². The molecule has 74 valence electrons. The molecule has 0 heterocycles. The summed E-state index contributed by atoms with van der Waals surface area (Å²) in [5, 5.41) is 17.0. The Balaban J connectivity index is 4.31. The van der Waals surface area contributed by atoms with Crippen molar-refractivity contribution >= 4 is 23.7 Å². The number of hydrogen-bond donors (Lipinski definition) is 2. The molecule has 0 aromatic rings. The summed E-state index contributed by atoms with van der Waals surface area (Å²) in [7, 11) is 0. The second kappa shape index (κ2) is 5.55. The standard InChI is InChI=1S/C7H10ClNO4/c1-2-3-9(8)5(7(12)13)4-6(10)11/h2,5H,1,3-4H2,(H,10,11)(H,12,13). The topological polar surface area (TPSA) is 77.8 Å². The van der Waals surface area contributed by atoms with E-state index >= 15 is 0 Å². The van der Waals surface area contributed by atoms with Crippen molar-refractivity contribution in [1.82, 2.24) is 4.42 Å². The third-order valence-corrected chi connectivity index (χ3v) is 1.67. The van der Waals surface area contributed by atoms with Gasteiger partial charge in [0.15, 0.2) is 0 Å². The zero-order valence-electron chi connectivity index (χ0n) is 6.81. The van der Waals surface area contributed by atoms with E-state index in [1.54, 1.807) is 0 Å². The summed E-state index contributed by atoms with van der Waals surface area (Å²) < 4.78 is 0.892. The molecule has 1 atom stereocenters. The zero-order valence-corrected chi connectivity index (χ0v) is 7.57. The predicted octanol–water partition coefficient (Wildman–Crippen LogP) is 0.556. The second-order valence-electron chi connectivity index (χ2n) is 2.32. The average molecular weight is 208 g/mol. The number of carboxylic acids is 2. The van der Waals surface area contributed by atoms with Crippen molar-refractivity contribution in [2.45, 2.75) is 12.5 Å². The first-order valence-electron chi connectivity index (χ1n) is 3.47. The zero-order chi connectivity index (χ0) is 10.4. The molecule has 0 aromatic carbocycles. The number of hydrogen-bond acceptors (Lipinski definition) is 3. The van der Waals surface area contributed by atoms with Crippen molar-refractivity contribution in [2.75, 3.05) is 6.54 Å². The van der Waals surface area contributed by atoms with Crippen LogP contribution < -0.4 is 0 Å². The van der Waals surface area contributed by atoms with E-state index in [1.807, 2.05) is 0 Å². The number of nitrogens with zero attached hydrogens (tertiary/aromatic N) is 1. The van der Waals surface area contributed by atoms with Crippen LogP contribution in [0.25, 0.3) is 0 Å². The van der Waals surface area contributed by atoms with Crippen LogP contribution in [-0.2, 0) is 9.59 Å². The van der Waals surface area contributed by atoms with Gasteiger partial charge in [-0.05, 0) is 11.8 Å². The van der Waals surface area contributed by atoms with Crippen molar-refractivity contribution in [3.05, 3.63) is 12.7 Å². The minimum atomic E-state index is -1.26. The Morgan fingerprint density at radius 2 is 2.08 bits per heavy atom. The lowest BCUT2D eigenvalue weighted by molar-refractivity contribution is -0.147. The van der Waals surface area contributed by atoms with E-state index < -0.39 is 24.4 Å². The summed E-state index contributed by atoms with van der Waals surface area (Å²) in [6.45, 7) is 3.47. The Bertz CT molecular complexity index is 219. The molecule has 0 saturated carbocycles. The quantitative estimate of drug-likeness (QED) is 0.492. The van der Waals surface area contributed by atoms with Gasteiger partial charge in [-0.15, -0.1) is 6.58 Å². The molecule has 0 rings (SSSR count). The number of carbonyl (C=O) groups is 2. The minimum Gasteiger partial charge on any atom is -0.481 e. The van der Waals surface area contributed by atoms with Gasteiger partial charge in [-0.1, -0.05) is 6.08 Å².